The number of carboxylic acids is 1. The third kappa shape index (κ3) is 5.14. The van der Waals surface area contributed by atoms with Crippen LogP contribution in [-0.2, 0) is 9.53 Å². The molecule has 2 aliphatic rings. The van der Waals surface area contributed by atoms with Gasteiger partial charge in [-0.2, -0.15) is 4.98 Å². The molecule has 12 heteroatoms. The highest BCUT2D eigenvalue weighted by atomic mass is 35.5. The van der Waals surface area contributed by atoms with Crippen LogP contribution >= 0.6 is 23.2 Å². The molecule has 3 N–H and O–H groups in total. The first-order valence-electron chi connectivity index (χ1n) is 11.6. The number of hydrogen-bond acceptors (Lipinski definition) is 7. The van der Waals surface area contributed by atoms with Gasteiger partial charge in [-0.15, -0.1) is 0 Å². The molecule has 1 aliphatic heterocycles. The number of benzene rings is 1. The first kappa shape index (κ1) is 24.0. The number of aromatic nitrogens is 4. The Balaban J connectivity index is 1.52. The van der Waals surface area contributed by atoms with Crippen molar-refractivity contribution in [2.45, 2.75) is 50.6 Å². The van der Waals surface area contributed by atoms with Gasteiger partial charge in [0.2, 0.25) is 11.9 Å². The van der Waals surface area contributed by atoms with Crippen molar-refractivity contribution in [3.05, 3.63) is 34.2 Å². The summed E-state index contributed by atoms with van der Waals surface area (Å²) in [5, 5.41) is 16.1. The molecule has 0 radical (unpaired) electrons. The maximum atomic E-state index is 14.7. The second-order valence-electron chi connectivity index (χ2n) is 8.95. The van der Waals surface area contributed by atoms with Gasteiger partial charge in [-0.05, 0) is 50.7 Å². The van der Waals surface area contributed by atoms with Crippen LogP contribution in [0.4, 0.5) is 22.0 Å². The summed E-state index contributed by atoms with van der Waals surface area (Å²) in [6, 6.07) is 2.77. The van der Waals surface area contributed by atoms with Gasteiger partial charge in [-0.3, -0.25) is 9.36 Å². The number of fused-ring (bicyclic) bond motifs is 1. The predicted octanol–water partition coefficient (Wildman–Crippen LogP) is 5.42. The first-order chi connectivity index (χ1) is 16.9. The fourth-order valence-electron chi connectivity index (χ4n) is 4.77. The molecule has 186 valence electrons. The molecule has 9 nitrogen and oxygen atoms in total. The molecule has 0 unspecified atom stereocenters. The molecule has 35 heavy (non-hydrogen) atoms. The van der Waals surface area contributed by atoms with Gasteiger partial charge in [0.25, 0.3) is 0 Å². The van der Waals surface area contributed by atoms with Crippen molar-refractivity contribution in [1.82, 2.24) is 19.5 Å². The van der Waals surface area contributed by atoms with Crippen molar-refractivity contribution in [3.63, 3.8) is 0 Å². The minimum Gasteiger partial charge on any atom is -0.481 e. The number of halogens is 3. The van der Waals surface area contributed by atoms with Crippen LogP contribution in [0.2, 0.25) is 10.0 Å². The zero-order valence-electron chi connectivity index (χ0n) is 18.8. The standard InChI is InChI=1S/C23H25Cl2FN6O3/c24-13-9-16(25)19(17(26)10-13)30-23-29-18-11-27-22(28-14-5-7-35-8-6-14)31-20(18)32(23)15-3-1-12(2-4-15)21(33)34/h9-12,14-15H,1-8H2,(H,29,30)(H,33,34)(H,27,28,31)/t12-,15+. The summed E-state index contributed by atoms with van der Waals surface area (Å²) in [6.07, 6.45) is 5.68. The van der Waals surface area contributed by atoms with E-state index in [1.54, 1.807) is 6.20 Å². The van der Waals surface area contributed by atoms with Crippen LogP contribution in [0.25, 0.3) is 11.2 Å². The Morgan fingerprint density at radius 2 is 1.86 bits per heavy atom. The molecular formula is C23H25Cl2FN6O3. The Kier molecular flexibility index (Phi) is 6.95. The van der Waals surface area contributed by atoms with E-state index in [1.807, 2.05) is 4.57 Å². The minimum atomic E-state index is -0.780. The van der Waals surface area contributed by atoms with Gasteiger partial charge in [0, 0.05) is 30.3 Å². The van der Waals surface area contributed by atoms with Crippen molar-refractivity contribution in [2.75, 3.05) is 23.8 Å². The quantitative estimate of drug-likeness (QED) is 0.393. The molecule has 3 heterocycles. The number of rotatable bonds is 6. The molecule has 0 atom stereocenters. The van der Waals surface area contributed by atoms with E-state index in [2.05, 4.69) is 20.6 Å². The van der Waals surface area contributed by atoms with E-state index in [1.165, 1.54) is 12.1 Å². The second kappa shape index (κ2) is 10.1. The summed E-state index contributed by atoms with van der Waals surface area (Å²) in [5.41, 5.74) is 1.18. The normalized spacial score (nSPS) is 21.2. The maximum absolute atomic E-state index is 14.7. The monoisotopic (exact) mass is 522 g/mol. The van der Waals surface area contributed by atoms with E-state index in [9.17, 15) is 14.3 Å². The van der Waals surface area contributed by atoms with Crippen molar-refractivity contribution in [2.24, 2.45) is 5.92 Å². The zero-order chi connectivity index (χ0) is 24.5. The van der Waals surface area contributed by atoms with Gasteiger partial charge in [0.1, 0.15) is 11.3 Å². The van der Waals surface area contributed by atoms with E-state index in [-0.39, 0.29) is 33.7 Å². The Bertz CT molecular complexity index is 1220. The molecule has 3 aromatic rings. The molecule has 0 bridgehead atoms. The Labute approximate surface area is 211 Å². The lowest BCUT2D eigenvalue weighted by atomic mass is 9.86. The van der Waals surface area contributed by atoms with E-state index in [4.69, 9.17) is 32.9 Å². The molecule has 0 amide bonds. The average molecular weight is 523 g/mol. The molecule has 0 spiro atoms. The van der Waals surface area contributed by atoms with Crippen molar-refractivity contribution in [1.29, 1.82) is 0 Å². The number of carbonyl (C=O) groups is 1. The smallest absolute Gasteiger partial charge is 0.306 e. The highest BCUT2D eigenvalue weighted by molar-refractivity contribution is 6.36. The van der Waals surface area contributed by atoms with E-state index >= 15 is 0 Å². The number of nitrogens with one attached hydrogen (secondary N) is 2. The van der Waals surface area contributed by atoms with Gasteiger partial charge >= 0.3 is 5.97 Å². The van der Waals surface area contributed by atoms with Gasteiger partial charge in [0.05, 0.1) is 22.8 Å². The largest absolute Gasteiger partial charge is 0.481 e. The van der Waals surface area contributed by atoms with Crippen molar-refractivity contribution >= 4 is 57.9 Å². The Morgan fingerprint density at radius 1 is 1.11 bits per heavy atom. The van der Waals surface area contributed by atoms with Crippen molar-refractivity contribution < 1.29 is 19.0 Å². The highest BCUT2D eigenvalue weighted by Crippen LogP contribution is 2.38. The van der Waals surface area contributed by atoms with Crippen LogP contribution in [0.3, 0.4) is 0 Å². The number of aliphatic carboxylic acids is 1. The summed E-state index contributed by atoms with van der Waals surface area (Å²) >= 11 is 12.2. The molecule has 2 fully saturated rings. The number of hydrogen-bond donors (Lipinski definition) is 3. The van der Waals surface area contributed by atoms with Crippen LogP contribution in [0.5, 0.6) is 0 Å². The highest BCUT2D eigenvalue weighted by Gasteiger charge is 2.30. The molecule has 1 aliphatic carbocycles. The maximum Gasteiger partial charge on any atom is 0.306 e. The van der Waals surface area contributed by atoms with Crippen LogP contribution in [0, 0.1) is 11.7 Å². The topological polar surface area (TPSA) is 114 Å². The van der Waals surface area contributed by atoms with Crippen LogP contribution in [-0.4, -0.2) is 49.9 Å². The number of imidazole rings is 1. The fourth-order valence-corrected chi connectivity index (χ4v) is 5.29. The first-order valence-corrected chi connectivity index (χ1v) is 12.4. The molecule has 1 saturated heterocycles. The fraction of sp³-hybridized carbons (Fsp3) is 0.478. The Hall–Kier alpha value is -2.69. The van der Waals surface area contributed by atoms with Crippen molar-refractivity contribution in [3.8, 4) is 0 Å². The Morgan fingerprint density at radius 3 is 2.54 bits per heavy atom. The van der Waals surface area contributed by atoms with Gasteiger partial charge in [-0.1, -0.05) is 23.2 Å². The number of carboxylic acid groups (broad SMARTS) is 1. The zero-order valence-corrected chi connectivity index (χ0v) is 20.3. The molecule has 1 saturated carbocycles. The van der Waals surface area contributed by atoms with E-state index in [0.29, 0.717) is 62.0 Å². The third-order valence-corrected chi connectivity index (χ3v) is 7.16. The van der Waals surface area contributed by atoms with E-state index < -0.39 is 11.8 Å². The second-order valence-corrected chi connectivity index (χ2v) is 9.80. The summed E-state index contributed by atoms with van der Waals surface area (Å²) in [6.45, 7) is 1.37. The summed E-state index contributed by atoms with van der Waals surface area (Å²) in [5.74, 6) is -0.923. The minimum absolute atomic E-state index is 0.0559. The average Bonchev–Trinajstić information content (AvgIpc) is 3.19. The SMILES string of the molecule is O=C(O)[C@H]1CC[C@@H](n2c(Nc3c(F)cc(Cl)cc3Cl)nc3cnc(NC4CCOCC4)nc32)CC1. The predicted molar refractivity (Wildman–Crippen MR) is 131 cm³/mol. The van der Waals surface area contributed by atoms with Gasteiger partial charge in [-0.25, -0.2) is 14.4 Å². The van der Waals surface area contributed by atoms with Gasteiger partial charge in [0.15, 0.2) is 5.65 Å². The van der Waals surface area contributed by atoms with E-state index in [0.717, 1.165) is 12.8 Å². The lowest BCUT2D eigenvalue weighted by Crippen LogP contribution is -2.28. The van der Waals surface area contributed by atoms with Crippen LogP contribution in [0.15, 0.2) is 18.3 Å². The molecular weight excluding hydrogens is 498 g/mol. The third-order valence-electron chi connectivity index (χ3n) is 6.64. The van der Waals surface area contributed by atoms with Gasteiger partial charge < -0.3 is 20.5 Å². The molecule has 2 aromatic heterocycles. The lowest BCUT2D eigenvalue weighted by molar-refractivity contribution is -0.143. The summed E-state index contributed by atoms with van der Waals surface area (Å²) < 4.78 is 22.0. The molecule has 1 aromatic carbocycles. The number of nitrogens with zero attached hydrogens (tertiary/aromatic N) is 4. The summed E-state index contributed by atoms with van der Waals surface area (Å²) in [7, 11) is 0. The van der Waals surface area contributed by atoms with Crippen LogP contribution < -0.4 is 10.6 Å². The summed E-state index contributed by atoms with van der Waals surface area (Å²) in [4.78, 5) is 25.3. The van der Waals surface area contributed by atoms with Crippen LogP contribution in [0.1, 0.15) is 44.6 Å². The molecule has 5 rings (SSSR count). The number of anilines is 3. The number of ether oxygens (including phenoxy) is 1. The lowest BCUT2D eigenvalue weighted by Gasteiger charge is -2.28.